The highest BCUT2D eigenvalue weighted by Crippen LogP contribution is 2.36. The van der Waals surface area contributed by atoms with Gasteiger partial charge in [0.1, 0.15) is 10.9 Å². The van der Waals surface area contributed by atoms with Crippen LogP contribution in [-0.4, -0.2) is 40.5 Å². The molecule has 172 valence electrons. The van der Waals surface area contributed by atoms with Crippen molar-refractivity contribution in [3.05, 3.63) is 51.5 Å². The van der Waals surface area contributed by atoms with E-state index in [9.17, 15) is 9.59 Å². The maximum absolute atomic E-state index is 13.2. The number of anilines is 1. The number of thiazole rings is 1. The summed E-state index contributed by atoms with van der Waals surface area (Å²) in [6.07, 6.45) is 4.99. The number of rotatable bonds is 6. The smallest absolute Gasteiger partial charge is 0.309 e. The first-order valence-corrected chi connectivity index (χ1v) is 11.7. The van der Waals surface area contributed by atoms with E-state index in [-0.39, 0.29) is 22.9 Å². The number of amides is 1. The van der Waals surface area contributed by atoms with Gasteiger partial charge in [0, 0.05) is 27.9 Å². The minimum absolute atomic E-state index is 0.168. The molecule has 0 bridgehead atoms. The Morgan fingerprint density at radius 2 is 2.06 bits per heavy atom. The molecule has 3 heterocycles. The maximum Gasteiger partial charge on any atom is 0.309 e. The van der Waals surface area contributed by atoms with E-state index < -0.39 is 0 Å². The molecule has 3 aromatic heterocycles. The second-order valence-electron chi connectivity index (χ2n) is 7.61. The number of carbonyl (C=O) groups excluding carboxylic acids is 2. The van der Waals surface area contributed by atoms with Gasteiger partial charge in [0.2, 0.25) is 0 Å². The van der Waals surface area contributed by atoms with Gasteiger partial charge in [-0.1, -0.05) is 11.6 Å². The summed E-state index contributed by atoms with van der Waals surface area (Å²) in [6, 6.07) is 3.46. The molecule has 0 radical (unpaired) electrons. The Hall–Kier alpha value is -3.04. The Kier molecular flexibility index (Phi) is 6.90. The van der Waals surface area contributed by atoms with Crippen LogP contribution in [0, 0.1) is 12.8 Å². The van der Waals surface area contributed by atoms with Crippen LogP contribution in [-0.2, 0) is 22.4 Å². The molecule has 3 aromatic rings. The zero-order valence-corrected chi connectivity index (χ0v) is 20.0. The molecule has 1 N–H and O–H groups in total. The number of pyridine rings is 2. The van der Waals surface area contributed by atoms with Gasteiger partial charge in [-0.25, -0.2) is 9.97 Å². The van der Waals surface area contributed by atoms with E-state index in [4.69, 9.17) is 21.1 Å². The molecule has 0 spiro atoms. The molecule has 4 rings (SSSR count). The molecule has 1 aliphatic rings. The number of nitrogens with zero attached hydrogens (tertiary/aromatic N) is 3. The fourth-order valence-corrected chi connectivity index (χ4v) is 5.05. The number of nitrogens with one attached hydrogen (secondary N) is 1. The summed E-state index contributed by atoms with van der Waals surface area (Å²) in [5, 5.41) is 3.66. The van der Waals surface area contributed by atoms with E-state index in [0.29, 0.717) is 53.4 Å². The van der Waals surface area contributed by atoms with Gasteiger partial charge in [-0.05, 0) is 45.2 Å². The average Bonchev–Trinajstić information content (AvgIpc) is 3.20. The van der Waals surface area contributed by atoms with Gasteiger partial charge in [0.05, 0.1) is 37.1 Å². The predicted molar refractivity (Wildman–Crippen MR) is 126 cm³/mol. The minimum atomic E-state index is -0.347. The van der Waals surface area contributed by atoms with Crippen LogP contribution >= 0.6 is 22.9 Å². The van der Waals surface area contributed by atoms with E-state index in [0.717, 1.165) is 16.3 Å². The van der Waals surface area contributed by atoms with Crippen molar-refractivity contribution in [2.45, 2.75) is 33.1 Å². The van der Waals surface area contributed by atoms with E-state index >= 15 is 0 Å². The molecule has 1 unspecified atom stereocenters. The van der Waals surface area contributed by atoms with Crippen LogP contribution in [0.3, 0.4) is 0 Å². The zero-order valence-electron chi connectivity index (χ0n) is 18.5. The topological polar surface area (TPSA) is 103 Å². The summed E-state index contributed by atoms with van der Waals surface area (Å²) < 4.78 is 10.6. The van der Waals surface area contributed by atoms with E-state index in [2.05, 4.69) is 20.3 Å². The Balaban J connectivity index is 1.60. The van der Waals surface area contributed by atoms with Crippen molar-refractivity contribution >= 4 is 39.9 Å². The molecule has 33 heavy (non-hydrogen) atoms. The van der Waals surface area contributed by atoms with E-state index in [1.54, 1.807) is 19.1 Å². The molecular weight excluding hydrogens is 464 g/mol. The molecule has 1 amide bonds. The molecule has 1 aliphatic carbocycles. The van der Waals surface area contributed by atoms with Crippen molar-refractivity contribution in [2.24, 2.45) is 5.92 Å². The Morgan fingerprint density at radius 1 is 1.24 bits per heavy atom. The minimum Gasteiger partial charge on any atom is -0.494 e. The van der Waals surface area contributed by atoms with Crippen molar-refractivity contribution in [3.63, 3.8) is 0 Å². The summed E-state index contributed by atoms with van der Waals surface area (Å²) in [5.41, 5.74) is 3.29. The largest absolute Gasteiger partial charge is 0.494 e. The number of ether oxygens (including phenoxy) is 2. The van der Waals surface area contributed by atoms with Crippen LogP contribution in [0.5, 0.6) is 5.75 Å². The number of halogens is 1. The first kappa shape index (κ1) is 23.1. The Labute approximate surface area is 200 Å². The Morgan fingerprint density at radius 3 is 2.82 bits per heavy atom. The number of hydrogen-bond donors (Lipinski definition) is 1. The normalized spacial score (nSPS) is 15.0. The lowest BCUT2D eigenvalue weighted by atomic mass is 9.91. The second kappa shape index (κ2) is 9.84. The van der Waals surface area contributed by atoms with Crippen molar-refractivity contribution in [2.75, 3.05) is 19.0 Å². The van der Waals surface area contributed by atoms with Crippen molar-refractivity contribution in [1.82, 2.24) is 15.0 Å². The lowest BCUT2D eigenvalue weighted by Gasteiger charge is -2.18. The van der Waals surface area contributed by atoms with Gasteiger partial charge in [-0.3, -0.25) is 19.9 Å². The van der Waals surface area contributed by atoms with Crippen LogP contribution < -0.4 is 10.1 Å². The number of esters is 1. The lowest BCUT2D eigenvalue weighted by molar-refractivity contribution is -0.148. The number of fused-ring (bicyclic) bond motifs is 1. The summed E-state index contributed by atoms with van der Waals surface area (Å²) in [7, 11) is 1.53. The van der Waals surface area contributed by atoms with Gasteiger partial charge < -0.3 is 9.47 Å². The average molecular weight is 487 g/mol. The fourth-order valence-electron chi connectivity index (χ4n) is 3.81. The highest BCUT2D eigenvalue weighted by atomic mass is 35.5. The van der Waals surface area contributed by atoms with Gasteiger partial charge in [-0.2, -0.15) is 0 Å². The lowest BCUT2D eigenvalue weighted by Crippen LogP contribution is -2.24. The monoisotopic (exact) mass is 486 g/mol. The summed E-state index contributed by atoms with van der Waals surface area (Å²) in [6.45, 7) is 4.01. The molecule has 8 nitrogen and oxygen atoms in total. The van der Waals surface area contributed by atoms with Crippen molar-refractivity contribution in [3.8, 4) is 16.9 Å². The Bertz CT molecular complexity index is 1210. The summed E-state index contributed by atoms with van der Waals surface area (Å²) in [5.74, 6) is -0.199. The highest BCUT2D eigenvalue weighted by Gasteiger charge is 2.29. The van der Waals surface area contributed by atoms with Crippen LogP contribution in [0.15, 0.2) is 24.5 Å². The number of methoxy groups -OCH3 is 1. The molecule has 1 atom stereocenters. The first-order chi connectivity index (χ1) is 15.9. The third-order valence-electron chi connectivity index (χ3n) is 5.41. The molecular formula is C23H23ClN4O4S. The summed E-state index contributed by atoms with van der Waals surface area (Å²) >= 11 is 7.50. The van der Waals surface area contributed by atoms with E-state index in [1.807, 2.05) is 6.92 Å². The first-order valence-electron chi connectivity index (χ1n) is 10.5. The molecule has 10 heteroatoms. The highest BCUT2D eigenvalue weighted by molar-refractivity contribution is 7.15. The van der Waals surface area contributed by atoms with Crippen LogP contribution in [0.25, 0.3) is 11.1 Å². The molecule has 0 aromatic carbocycles. The molecule has 0 aliphatic heterocycles. The quantitative estimate of drug-likeness (QED) is 0.404. The number of aromatic nitrogens is 3. The van der Waals surface area contributed by atoms with Crippen LogP contribution in [0.1, 0.15) is 40.0 Å². The SMILES string of the molecule is CCOC(=O)C1CCc2nc(NC(=O)c3cnc(C)cc3-c3cc(Cl)ncc3OC)sc2C1. The maximum atomic E-state index is 13.2. The van der Waals surface area contributed by atoms with Crippen molar-refractivity contribution in [1.29, 1.82) is 0 Å². The van der Waals surface area contributed by atoms with E-state index in [1.165, 1.54) is 30.8 Å². The van der Waals surface area contributed by atoms with Crippen molar-refractivity contribution < 1.29 is 19.1 Å². The predicted octanol–water partition coefficient (Wildman–Crippen LogP) is 4.49. The standard InChI is InChI=1S/C23H23ClN4O4S/c1-4-32-22(30)13-5-6-17-19(8-13)33-23(27-17)28-21(29)16-10-25-12(2)7-14(16)15-9-20(24)26-11-18(15)31-3/h7,9-11,13H,4-6,8H2,1-3H3,(H,27,28,29). The number of hydrogen-bond acceptors (Lipinski definition) is 8. The molecule has 0 fully saturated rings. The number of carbonyl (C=O) groups is 2. The second-order valence-corrected chi connectivity index (χ2v) is 9.08. The van der Waals surface area contributed by atoms with Crippen LogP contribution in [0.4, 0.5) is 5.13 Å². The van der Waals surface area contributed by atoms with Gasteiger partial charge >= 0.3 is 5.97 Å². The fraction of sp³-hybridized carbons (Fsp3) is 0.348. The van der Waals surface area contributed by atoms with Gasteiger partial charge in [-0.15, -0.1) is 11.3 Å². The zero-order chi connectivity index (χ0) is 23.5. The molecule has 0 saturated carbocycles. The summed E-state index contributed by atoms with van der Waals surface area (Å²) in [4.78, 5) is 39.3. The number of aryl methyl sites for hydroxylation is 2. The van der Waals surface area contributed by atoms with Gasteiger partial charge in [0.15, 0.2) is 5.13 Å². The van der Waals surface area contributed by atoms with Gasteiger partial charge in [0.25, 0.3) is 5.91 Å². The van der Waals surface area contributed by atoms with Crippen LogP contribution in [0.2, 0.25) is 5.15 Å². The molecule has 0 saturated heterocycles. The third-order valence-corrected chi connectivity index (χ3v) is 6.65. The third kappa shape index (κ3) is 4.99.